The van der Waals surface area contributed by atoms with Crippen LogP contribution in [0.5, 0.6) is 0 Å². The van der Waals surface area contributed by atoms with Crippen molar-refractivity contribution >= 4 is 66.2 Å². The summed E-state index contributed by atoms with van der Waals surface area (Å²) in [5.41, 5.74) is 12.2. The molecular formula is C46H30N2O. The van der Waals surface area contributed by atoms with Crippen molar-refractivity contribution in [2.24, 2.45) is 0 Å². The Labute approximate surface area is 283 Å². The standard InChI is InChI=1S/C46H30N2O/c1-4-12-32(13-5-1)45-41-18-10-11-27-47(41)42-26-22-31-19-20-33(28-40(31)46(42)45)34-21-24-38-39-25-23-37(30-44(39)49-43(38)29-34)48(35-14-6-2-7-15-35)36-16-8-3-9-17-36/h1-30H. The number of rotatable bonds is 5. The number of aromatic nitrogens is 1. The Bertz CT molecular complexity index is 2770. The number of fused-ring (bicyclic) bond motifs is 8. The van der Waals surface area contributed by atoms with Crippen molar-refractivity contribution < 1.29 is 4.42 Å². The van der Waals surface area contributed by atoms with Crippen LogP contribution in [0.25, 0.3) is 71.4 Å². The molecule has 10 rings (SSSR count). The van der Waals surface area contributed by atoms with E-state index in [1.54, 1.807) is 0 Å². The lowest BCUT2D eigenvalue weighted by Crippen LogP contribution is -2.09. The van der Waals surface area contributed by atoms with E-state index in [2.05, 4.69) is 179 Å². The van der Waals surface area contributed by atoms with Gasteiger partial charge in [-0.1, -0.05) is 97.1 Å². The Morgan fingerprint density at radius 3 is 1.78 bits per heavy atom. The molecule has 0 unspecified atom stereocenters. The molecule has 0 aliphatic carbocycles. The minimum Gasteiger partial charge on any atom is -0.456 e. The van der Waals surface area contributed by atoms with E-state index in [0.717, 1.165) is 50.1 Å². The lowest BCUT2D eigenvalue weighted by molar-refractivity contribution is 0.669. The van der Waals surface area contributed by atoms with Gasteiger partial charge in [-0.25, -0.2) is 0 Å². The monoisotopic (exact) mass is 626 g/mol. The summed E-state index contributed by atoms with van der Waals surface area (Å²) in [4.78, 5) is 2.27. The van der Waals surface area contributed by atoms with Gasteiger partial charge in [0.05, 0.1) is 11.0 Å². The van der Waals surface area contributed by atoms with E-state index in [4.69, 9.17) is 4.42 Å². The van der Waals surface area contributed by atoms with E-state index in [1.165, 1.54) is 38.3 Å². The van der Waals surface area contributed by atoms with Gasteiger partial charge in [0.2, 0.25) is 0 Å². The number of furan rings is 1. The second-order valence-electron chi connectivity index (χ2n) is 12.6. The van der Waals surface area contributed by atoms with Gasteiger partial charge in [-0.05, 0) is 100 Å². The number of pyridine rings is 1. The average molecular weight is 627 g/mol. The van der Waals surface area contributed by atoms with Crippen molar-refractivity contribution in [2.45, 2.75) is 0 Å². The highest BCUT2D eigenvalue weighted by Gasteiger charge is 2.18. The van der Waals surface area contributed by atoms with E-state index in [-0.39, 0.29) is 0 Å². The highest BCUT2D eigenvalue weighted by Crippen LogP contribution is 2.42. The summed E-state index contributed by atoms with van der Waals surface area (Å²) in [6.45, 7) is 0. The van der Waals surface area contributed by atoms with Gasteiger partial charge in [0.15, 0.2) is 0 Å². The van der Waals surface area contributed by atoms with Gasteiger partial charge in [0.25, 0.3) is 0 Å². The normalized spacial score (nSPS) is 11.7. The van der Waals surface area contributed by atoms with Crippen molar-refractivity contribution in [1.29, 1.82) is 0 Å². The molecule has 0 aliphatic heterocycles. The zero-order valence-electron chi connectivity index (χ0n) is 26.6. The fourth-order valence-corrected chi connectivity index (χ4v) is 7.52. The quantitative estimate of drug-likeness (QED) is 0.189. The Kier molecular flexibility index (Phi) is 6.18. The zero-order chi connectivity index (χ0) is 32.3. The second kappa shape index (κ2) is 11.0. The Balaban J connectivity index is 1.12. The highest BCUT2D eigenvalue weighted by molar-refractivity contribution is 6.19. The third-order valence-electron chi connectivity index (χ3n) is 9.76. The maximum Gasteiger partial charge on any atom is 0.137 e. The minimum absolute atomic E-state index is 0.870. The second-order valence-corrected chi connectivity index (χ2v) is 12.6. The number of para-hydroxylation sites is 2. The van der Waals surface area contributed by atoms with Crippen LogP contribution in [-0.2, 0) is 0 Å². The summed E-state index contributed by atoms with van der Waals surface area (Å²) in [6.07, 6.45) is 2.17. The smallest absolute Gasteiger partial charge is 0.137 e. The fourth-order valence-electron chi connectivity index (χ4n) is 7.52. The van der Waals surface area contributed by atoms with Crippen LogP contribution in [0.3, 0.4) is 0 Å². The number of hydrogen-bond acceptors (Lipinski definition) is 2. The molecule has 10 aromatic rings. The summed E-state index contributed by atoms with van der Waals surface area (Å²) in [6, 6.07) is 62.6. The third-order valence-corrected chi connectivity index (χ3v) is 9.76. The molecule has 0 atom stereocenters. The SMILES string of the molecule is c1ccc(-c2c3c4cc(-c5ccc6c(c5)oc5cc(N(c7ccccc7)c7ccccc7)ccc56)ccc4ccc3n3ccccc23)cc1. The van der Waals surface area contributed by atoms with Crippen molar-refractivity contribution in [3.05, 3.63) is 182 Å². The maximum atomic E-state index is 6.62. The van der Waals surface area contributed by atoms with E-state index in [0.29, 0.717) is 0 Å². The molecule has 0 bridgehead atoms. The Morgan fingerprint density at radius 2 is 1.02 bits per heavy atom. The highest BCUT2D eigenvalue weighted by atomic mass is 16.3. The van der Waals surface area contributed by atoms with Gasteiger partial charge in [-0.15, -0.1) is 0 Å². The summed E-state index contributed by atoms with van der Waals surface area (Å²) in [5.74, 6) is 0. The van der Waals surface area contributed by atoms with Crippen LogP contribution in [0, 0.1) is 0 Å². The Morgan fingerprint density at radius 1 is 0.408 bits per heavy atom. The molecule has 3 aromatic heterocycles. The average Bonchev–Trinajstić information content (AvgIpc) is 3.71. The van der Waals surface area contributed by atoms with Crippen LogP contribution >= 0.6 is 0 Å². The number of anilines is 3. The van der Waals surface area contributed by atoms with Crippen LogP contribution < -0.4 is 4.90 Å². The predicted octanol–water partition coefficient (Wildman–Crippen LogP) is 12.9. The fraction of sp³-hybridized carbons (Fsp3) is 0. The summed E-state index contributed by atoms with van der Waals surface area (Å²) in [7, 11) is 0. The number of hydrogen-bond donors (Lipinski definition) is 0. The first-order valence-electron chi connectivity index (χ1n) is 16.7. The molecule has 3 heteroatoms. The molecule has 0 spiro atoms. The third kappa shape index (κ3) is 4.44. The van der Waals surface area contributed by atoms with Gasteiger partial charge in [0, 0.05) is 51.0 Å². The van der Waals surface area contributed by atoms with E-state index in [1.807, 2.05) is 12.1 Å². The number of nitrogens with zero attached hydrogens (tertiary/aromatic N) is 2. The predicted molar refractivity (Wildman–Crippen MR) is 205 cm³/mol. The minimum atomic E-state index is 0.870. The molecule has 0 saturated heterocycles. The summed E-state index contributed by atoms with van der Waals surface area (Å²) < 4.78 is 8.94. The van der Waals surface area contributed by atoms with Gasteiger partial charge in [-0.2, -0.15) is 0 Å². The molecular weight excluding hydrogens is 597 g/mol. The van der Waals surface area contributed by atoms with Crippen LogP contribution in [0.2, 0.25) is 0 Å². The first-order chi connectivity index (χ1) is 24.3. The summed E-state index contributed by atoms with van der Waals surface area (Å²) in [5, 5.41) is 5.97. The molecule has 0 aliphatic rings. The van der Waals surface area contributed by atoms with E-state index >= 15 is 0 Å². The molecule has 7 aromatic carbocycles. The molecule has 0 radical (unpaired) electrons. The summed E-state index contributed by atoms with van der Waals surface area (Å²) >= 11 is 0. The molecule has 0 fully saturated rings. The zero-order valence-corrected chi connectivity index (χ0v) is 26.6. The van der Waals surface area contributed by atoms with Crippen LogP contribution in [0.15, 0.2) is 187 Å². The molecule has 0 saturated carbocycles. The Hall–Kier alpha value is -6.58. The topological polar surface area (TPSA) is 20.8 Å². The van der Waals surface area contributed by atoms with Crippen molar-refractivity contribution in [1.82, 2.24) is 4.40 Å². The van der Waals surface area contributed by atoms with Crippen LogP contribution in [-0.4, -0.2) is 4.40 Å². The molecule has 3 heterocycles. The van der Waals surface area contributed by atoms with Gasteiger partial charge < -0.3 is 13.7 Å². The maximum absolute atomic E-state index is 6.62. The molecule has 49 heavy (non-hydrogen) atoms. The molecule has 0 amide bonds. The van der Waals surface area contributed by atoms with Gasteiger partial charge in [-0.3, -0.25) is 0 Å². The molecule has 230 valence electrons. The lowest BCUT2D eigenvalue weighted by Gasteiger charge is -2.25. The largest absolute Gasteiger partial charge is 0.456 e. The van der Waals surface area contributed by atoms with Crippen molar-refractivity contribution in [3.63, 3.8) is 0 Å². The van der Waals surface area contributed by atoms with Gasteiger partial charge >= 0.3 is 0 Å². The van der Waals surface area contributed by atoms with Crippen LogP contribution in [0.1, 0.15) is 0 Å². The van der Waals surface area contributed by atoms with Crippen molar-refractivity contribution in [2.75, 3.05) is 4.90 Å². The van der Waals surface area contributed by atoms with E-state index in [9.17, 15) is 0 Å². The van der Waals surface area contributed by atoms with Gasteiger partial charge in [0.1, 0.15) is 11.2 Å². The number of benzene rings is 7. The van der Waals surface area contributed by atoms with Crippen molar-refractivity contribution in [3.8, 4) is 22.3 Å². The van der Waals surface area contributed by atoms with E-state index < -0.39 is 0 Å². The lowest BCUT2D eigenvalue weighted by atomic mass is 9.95. The van der Waals surface area contributed by atoms with Crippen LogP contribution in [0.4, 0.5) is 17.1 Å². The molecule has 3 nitrogen and oxygen atoms in total. The molecule has 0 N–H and O–H groups in total. The first kappa shape index (κ1) is 27.5. The first-order valence-corrected chi connectivity index (χ1v) is 16.7.